The molecule has 0 saturated carbocycles. The molecule has 5 nitrogen and oxygen atoms in total. The Balaban J connectivity index is 2.12. The van der Waals surface area contributed by atoms with Crippen LogP contribution in [-0.2, 0) is 5.54 Å². The zero-order chi connectivity index (χ0) is 17.8. The summed E-state index contributed by atoms with van der Waals surface area (Å²) >= 11 is 0. The molecule has 0 atom stereocenters. The van der Waals surface area contributed by atoms with Crippen LogP contribution in [0.25, 0.3) is 0 Å². The summed E-state index contributed by atoms with van der Waals surface area (Å²) < 4.78 is 0. The second kappa shape index (κ2) is 6.72. The van der Waals surface area contributed by atoms with Crippen molar-refractivity contribution in [1.29, 1.82) is 0 Å². The van der Waals surface area contributed by atoms with Crippen molar-refractivity contribution >= 4 is 6.29 Å². The fourth-order valence-electron chi connectivity index (χ4n) is 3.30. The Kier molecular flexibility index (Phi) is 4.11. The third-order valence-corrected chi connectivity index (χ3v) is 4.41. The Bertz CT molecular complexity index is 901. The van der Waals surface area contributed by atoms with Crippen LogP contribution >= 0.6 is 0 Å². The fraction of sp³-hybridized carbons (Fsp3) is 0.0476. The molecule has 4 rings (SSSR count). The first kappa shape index (κ1) is 15.9. The van der Waals surface area contributed by atoms with Crippen LogP contribution < -0.4 is 0 Å². The average molecular weight is 340 g/mol. The van der Waals surface area contributed by atoms with Gasteiger partial charge in [0.15, 0.2) is 11.8 Å². The van der Waals surface area contributed by atoms with E-state index in [2.05, 4.69) is 15.4 Å². The van der Waals surface area contributed by atoms with Gasteiger partial charge < -0.3 is 0 Å². The maximum absolute atomic E-state index is 11.2. The maximum Gasteiger partial charge on any atom is 0.237 e. The van der Waals surface area contributed by atoms with Crippen molar-refractivity contribution in [2.75, 3.05) is 0 Å². The van der Waals surface area contributed by atoms with E-state index in [1.54, 1.807) is 0 Å². The van der Waals surface area contributed by atoms with Crippen molar-refractivity contribution in [1.82, 2.24) is 20.2 Å². The third kappa shape index (κ3) is 2.50. The van der Waals surface area contributed by atoms with E-state index in [4.69, 9.17) is 0 Å². The van der Waals surface area contributed by atoms with Crippen LogP contribution in [0.1, 0.15) is 27.3 Å². The SMILES string of the molecule is O=Cc1nnn(C(c2ccccc2)(c2ccccc2)c2ccccc2)n1. The summed E-state index contributed by atoms with van der Waals surface area (Å²) in [6.45, 7) is 0. The number of benzene rings is 3. The van der Waals surface area contributed by atoms with Crippen LogP contribution in [0, 0.1) is 0 Å². The summed E-state index contributed by atoms with van der Waals surface area (Å²) in [4.78, 5) is 12.7. The van der Waals surface area contributed by atoms with E-state index in [-0.39, 0.29) is 5.82 Å². The van der Waals surface area contributed by atoms with E-state index in [1.165, 1.54) is 4.80 Å². The molecular weight excluding hydrogens is 324 g/mol. The highest BCUT2D eigenvalue weighted by Crippen LogP contribution is 2.39. The van der Waals surface area contributed by atoms with E-state index >= 15 is 0 Å². The predicted molar refractivity (Wildman–Crippen MR) is 97.8 cm³/mol. The van der Waals surface area contributed by atoms with Crippen LogP contribution in [0.15, 0.2) is 91.0 Å². The van der Waals surface area contributed by atoms with Gasteiger partial charge in [0, 0.05) is 0 Å². The first-order valence-corrected chi connectivity index (χ1v) is 8.28. The van der Waals surface area contributed by atoms with Gasteiger partial charge in [0.25, 0.3) is 0 Å². The summed E-state index contributed by atoms with van der Waals surface area (Å²) in [5, 5.41) is 12.5. The topological polar surface area (TPSA) is 60.7 Å². The molecule has 0 unspecified atom stereocenters. The van der Waals surface area contributed by atoms with Crippen molar-refractivity contribution < 1.29 is 4.79 Å². The molecule has 0 bridgehead atoms. The summed E-state index contributed by atoms with van der Waals surface area (Å²) in [5.74, 6) is 0.0529. The Morgan fingerprint density at radius 2 is 1.12 bits per heavy atom. The van der Waals surface area contributed by atoms with Gasteiger partial charge in [0.05, 0.1) is 0 Å². The summed E-state index contributed by atoms with van der Waals surface area (Å²) in [7, 11) is 0. The van der Waals surface area contributed by atoms with Gasteiger partial charge in [-0.05, 0) is 21.9 Å². The lowest BCUT2D eigenvalue weighted by molar-refractivity contribution is 0.111. The monoisotopic (exact) mass is 340 g/mol. The standard InChI is InChI=1S/C21H16N4O/c26-16-20-22-24-25(23-20)21(17-10-4-1-5-11-17,18-12-6-2-7-13-18)19-14-8-3-9-15-19/h1-16H. The first-order valence-electron chi connectivity index (χ1n) is 8.28. The molecule has 0 aliphatic heterocycles. The number of carbonyl (C=O) groups excluding carboxylic acids is 1. The molecular formula is C21H16N4O. The molecule has 0 amide bonds. The fourth-order valence-corrected chi connectivity index (χ4v) is 3.30. The van der Waals surface area contributed by atoms with E-state index in [0.717, 1.165) is 16.7 Å². The van der Waals surface area contributed by atoms with Crippen molar-refractivity contribution in [3.8, 4) is 0 Å². The number of aromatic nitrogens is 4. The van der Waals surface area contributed by atoms with Gasteiger partial charge in [0.1, 0.15) is 0 Å². The number of rotatable bonds is 5. The Morgan fingerprint density at radius 3 is 1.46 bits per heavy atom. The highest BCUT2D eigenvalue weighted by Gasteiger charge is 2.41. The largest absolute Gasteiger partial charge is 0.294 e. The minimum absolute atomic E-state index is 0.0529. The van der Waals surface area contributed by atoms with Crippen LogP contribution in [0.4, 0.5) is 0 Å². The summed E-state index contributed by atoms with van der Waals surface area (Å²) in [6, 6.07) is 30.0. The second-order valence-electron chi connectivity index (χ2n) is 5.86. The van der Waals surface area contributed by atoms with Gasteiger partial charge in [-0.3, -0.25) is 4.79 Å². The third-order valence-electron chi connectivity index (χ3n) is 4.41. The van der Waals surface area contributed by atoms with Crippen LogP contribution in [0.2, 0.25) is 0 Å². The molecule has 5 heteroatoms. The van der Waals surface area contributed by atoms with Crippen molar-refractivity contribution in [3.63, 3.8) is 0 Å². The molecule has 1 heterocycles. The van der Waals surface area contributed by atoms with E-state index in [1.807, 2.05) is 91.0 Å². The first-order chi connectivity index (χ1) is 12.9. The Morgan fingerprint density at radius 1 is 0.692 bits per heavy atom. The molecule has 4 aromatic rings. The number of aldehydes is 1. The average Bonchev–Trinajstić information content (AvgIpc) is 3.21. The van der Waals surface area contributed by atoms with E-state index < -0.39 is 5.54 Å². The summed E-state index contributed by atoms with van der Waals surface area (Å²) in [5.41, 5.74) is 2.10. The van der Waals surface area contributed by atoms with Gasteiger partial charge in [-0.25, -0.2) is 0 Å². The highest BCUT2D eigenvalue weighted by atomic mass is 16.1. The quantitative estimate of drug-likeness (QED) is 0.413. The maximum atomic E-state index is 11.2. The molecule has 26 heavy (non-hydrogen) atoms. The number of tetrazole rings is 1. The minimum atomic E-state index is -0.835. The summed E-state index contributed by atoms with van der Waals surface area (Å²) in [6.07, 6.45) is 0.606. The number of carbonyl (C=O) groups is 1. The van der Waals surface area contributed by atoms with Gasteiger partial charge in [0.2, 0.25) is 5.82 Å². The van der Waals surface area contributed by atoms with Gasteiger partial charge in [-0.15, -0.1) is 15.0 Å². The lowest BCUT2D eigenvalue weighted by Gasteiger charge is -2.34. The van der Waals surface area contributed by atoms with Crippen molar-refractivity contribution in [2.45, 2.75) is 5.54 Å². The zero-order valence-corrected chi connectivity index (χ0v) is 13.9. The number of nitrogens with zero attached hydrogens (tertiary/aromatic N) is 4. The lowest BCUT2D eigenvalue weighted by Crippen LogP contribution is -2.39. The van der Waals surface area contributed by atoms with E-state index in [9.17, 15) is 4.79 Å². The molecule has 0 N–H and O–H groups in total. The molecule has 126 valence electrons. The van der Waals surface area contributed by atoms with Gasteiger partial charge >= 0.3 is 0 Å². The molecule has 0 radical (unpaired) electrons. The molecule has 0 fully saturated rings. The second-order valence-corrected chi connectivity index (χ2v) is 5.86. The molecule has 0 aliphatic carbocycles. The Hall–Kier alpha value is -3.60. The van der Waals surface area contributed by atoms with Crippen molar-refractivity contribution in [3.05, 3.63) is 114 Å². The van der Waals surface area contributed by atoms with Crippen LogP contribution in [-0.4, -0.2) is 26.5 Å². The zero-order valence-electron chi connectivity index (χ0n) is 13.9. The molecule has 1 aromatic heterocycles. The number of hydrogen-bond acceptors (Lipinski definition) is 4. The van der Waals surface area contributed by atoms with Gasteiger partial charge in [-0.1, -0.05) is 91.0 Å². The smallest absolute Gasteiger partial charge is 0.237 e. The lowest BCUT2D eigenvalue weighted by atomic mass is 9.77. The predicted octanol–water partition coefficient (Wildman–Crippen LogP) is 3.33. The van der Waals surface area contributed by atoms with E-state index in [0.29, 0.717) is 6.29 Å². The molecule has 0 aliphatic rings. The molecule has 3 aromatic carbocycles. The normalized spacial score (nSPS) is 11.2. The van der Waals surface area contributed by atoms with Crippen LogP contribution in [0.5, 0.6) is 0 Å². The minimum Gasteiger partial charge on any atom is -0.294 e. The molecule has 0 spiro atoms. The molecule has 0 saturated heterocycles. The highest BCUT2D eigenvalue weighted by molar-refractivity contribution is 5.68. The Labute approximate surface area is 150 Å². The van der Waals surface area contributed by atoms with Crippen LogP contribution in [0.3, 0.4) is 0 Å². The van der Waals surface area contributed by atoms with Crippen molar-refractivity contribution in [2.24, 2.45) is 0 Å². The van der Waals surface area contributed by atoms with Gasteiger partial charge in [-0.2, -0.15) is 0 Å². The number of hydrogen-bond donors (Lipinski definition) is 0.